The Morgan fingerprint density at radius 1 is 1.22 bits per heavy atom. The average Bonchev–Trinajstić information content (AvgIpc) is 2.49. The van der Waals surface area contributed by atoms with E-state index in [1.54, 1.807) is 6.07 Å². The molecule has 2 atom stereocenters. The number of carbonyl (C=O) groups is 2. The number of phenols is 2. The van der Waals surface area contributed by atoms with Gasteiger partial charge in [0.15, 0.2) is 11.5 Å². The molecule has 0 radical (unpaired) electrons. The second-order valence-electron chi connectivity index (χ2n) is 5.93. The summed E-state index contributed by atoms with van der Waals surface area (Å²) in [5.74, 6) is -0.668. The second kappa shape index (κ2) is 9.15. The van der Waals surface area contributed by atoms with Crippen LogP contribution in [0, 0.1) is 5.92 Å². The molecule has 0 aliphatic carbocycles. The number of nitrogens with one attached hydrogen (secondary N) is 1. The fourth-order valence-corrected chi connectivity index (χ4v) is 2.22. The zero-order chi connectivity index (χ0) is 17.4. The zero-order valence-electron chi connectivity index (χ0n) is 13.7. The number of hydrogen-bond acceptors (Lipinski definition) is 5. The maximum absolute atomic E-state index is 12.0. The van der Waals surface area contributed by atoms with Gasteiger partial charge in [-0.1, -0.05) is 13.0 Å². The van der Waals surface area contributed by atoms with Gasteiger partial charge in [0.1, 0.15) is 5.78 Å². The molecule has 1 aromatic carbocycles. The number of amides is 1. The molecule has 0 saturated carbocycles. The molecule has 1 rings (SSSR count). The van der Waals surface area contributed by atoms with Crippen molar-refractivity contribution in [3.63, 3.8) is 0 Å². The van der Waals surface area contributed by atoms with Crippen molar-refractivity contribution in [2.45, 2.75) is 45.6 Å². The van der Waals surface area contributed by atoms with Gasteiger partial charge in [-0.2, -0.15) is 0 Å². The quantitative estimate of drug-likeness (QED) is 0.406. The number of ketones is 1. The first-order valence-corrected chi connectivity index (χ1v) is 7.86. The molecule has 0 spiro atoms. The topological polar surface area (TPSA) is 113 Å². The van der Waals surface area contributed by atoms with Crippen molar-refractivity contribution in [3.8, 4) is 11.5 Å². The fraction of sp³-hybridized carbons (Fsp3) is 0.529. The zero-order valence-corrected chi connectivity index (χ0v) is 13.7. The summed E-state index contributed by atoms with van der Waals surface area (Å²) in [6.07, 6.45) is 2.68. The van der Waals surface area contributed by atoms with Crippen LogP contribution in [0.4, 0.5) is 0 Å². The molecule has 0 aromatic heterocycles. The van der Waals surface area contributed by atoms with Crippen molar-refractivity contribution in [1.29, 1.82) is 0 Å². The van der Waals surface area contributed by atoms with Crippen molar-refractivity contribution < 1.29 is 19.8 Å². The number of unbranched alkanes of at least 4 members (excludes halogenated alkanes) is 1. The van der Waals surface area contributed by atoms with Crippen LogP contribution in [0.15, 0.2) is 18.2 Å². The Kier molecular flexibility index (Phi) is 7.54. The molecule has 5 N–H and O–H groups in total. The predicted molar refractivity (Wildman–Crippen MR) is 88.2 cm³/mol. The van der Waals surface area contributed by atoms with Crippen molar-refractivity contribution in [2.75, 3.05) is 6.54 Å². The van der Waals surface area contributed by atoms with E-state index in [2.05, 4.69) is 5.32 Å². The van der Waals surface area contributed by atoms with Crippen molar-refractivity contribution in [3.05, 3.63) is 23.8 Å². The van der Waals surface area contributed by atoms with Gasteiger partial charge in [-0.3, -0.25) is 9.59 Å². The van der Waals surface area contributed by atoms with E-state index in [0.29, 0.717) is 19.4 Å². The van der Waals surface area contributed by atoms with Crippen LogP contribution < -0.4 is 11.1 Å². The van der Waals surface area contributed by atoms with Crippen LogP contribution in [0.2, 0.25) is 0 Å². The lowest BCUT2D eigenvalue weighted by Crippen LogP contribution is -2.32. The van der Waals surface area contributed by atoms with E-state index >= 15 is 0 Å². The summed E-state index contributed by atoms with van der Waals surface area (Å²) < 4.78 is 0. The smallest absolute Gasteiger partial charge is 0.223 e. The Labute approximate surface area is 136 Å². The van der Waals surface area contributed by atoms with Gasteiger partial charge in [0.2, 0.25) is 5.91 Å². The summed E-state index contributed by atoms with van der Waals surface area (Å²) in [7, 11) is 0. The number of carbonyl (C=O) groups excluding carboxylic acids is 2. The first kappa shape index (κ1) is 19.0. The summed E-state index contributed by atoms with van der Waals surface area (Å²) in [6.45, 7) is 3.84. The summed E-state index contributed by atoms with van der Waals surface area (Å²) in [5, 5.41) is 21.6. The van der Waals surface area contributed by atoms with E-state index in [-0.39, 0.29) is 29.1 Å². The standard InChI is InChI=1S/C17H26N2O4/c1-11(9-13-6-7-15(21)16(22)10-13)17(23)19-8-4-3-5-14(18)12(2)20/h6-7,10-11,14,21-22H,3-5,8-9,18H2,1-2H3,(H,19,23)/t11-,14-/m0/s1. The Balaban J connectivity index is 2.28. The molecule has 6 nitrogen and oxygen atoms in total. The van der Waals surface area contributed by atoms with Crippen LogP contribution in [-0.4, -0.2) is 34.5 Å². The Bertz CT molecular complexity index is 545. The molecule has 0 saturated heterocycles. The van der Waals surface area contributed by atoms with Crippen molar-refractivity contribution in [2.24, 2.45) is 11.7 Å². The Morgan fingerprint density at radius 2 is 1.91 bits per heavy atom. The number of phenolic OH excluding ortho intramolecular Hbond substituents is 2. The van der Waals surface area contributed by atoms with Gasteiger partial charge in [-0.15, -0.1) is 0 Å². The molecule has 0 bridgehead atoms. The van der Waals surface area contributed by atoms with E-state index in [0.717, 1.165) is 18.4 Å². The van der Waals surface area contributed by atoms with Gasteiger partial charge in [-0.25, -0.2) is 0 Å². The molecule has 0 aliphatic rings. The predicted octanol–water partition coefficient (Wildman–Crippen LogP) is 1.48. The average molecular weight is 322 g/mol. The van der Waals surface area contributed by atoms with Gasteiger partial charge in [0.25, 0.3) is 0 Å². The maximum atomic E-state index is 12.0. The minimum atomic E-state index is -0.410. The lowest BCUT2D eigenvalue weighted by Gasteiger charge is -2.13. The van der Waals surface area contributed by atoms with Crippen LogP contribution in [-0.2, 0) is 16.0 Å². The molecule has 23 heavy (non-hydrogen) atoms. The number of nitrogens with two attached hydrogens (primary N) is 1. The molecular formula is C17H26N2O4. The molecule has 0 aliphatic heterocycles. The van der Waals surface area contributed by atoms with Crippen LogP contribution in [0.25, 0.3) is 0 Å². The number of benzene rings is 1. The fourth-order valence-electron chi connectivity index (χ4n) is 2.22. The summed E-state index contributed by atoms with van der Waals surface area (Å²) in [6, 6.07) is 4.14. The second-order valence-corrected chi connectivity index (χ2v) is 5.93. The third-order valence-electron chi connectivity index (χ3n) is 3.79. The maximum Gasteiger partial charge on any atom is 0.223 e. The minimum Gasteiger partial charge on any atom is -0.504 e. The highest BCUT2D eigenvalue weighted by molar-refractivity contribution is 5.81. The van der Waals surface area contributed by atoms with Crippen LogP contribution in [0.1, 0.15) is 38.7 Å². The third-order valence-corrected chi connectivity index (χ3v) is 3.79. The highest BCUT2D eigenvalue weighted by Gasteiger charge is 2.14. The monoisotopic (exact) mass is 322 g/mol. The van der Waals surface area contributed by atoms with E-state index in [4.69, 9.17) is 5.73 Å². The van der Waals surface area contributed by atoms with Crippen molar-refractivity contribution in [1.82, 2.24) is 5.32 Å². The molecular weight excluding hydrogens is 296 g/mol. The Hall–Kier alpha value is -2.08. The molecule has 128 valence electrons. The summed E-state index contributed by atoms with van der Waals surface area (Å²) >= 11 is 0. The van der Waals surface area contributed by atoms with E-state index in [1.165, 1.54) is 19.1 Å². The highest BCUT2D eigenvalue weighted by Crippen LogP contribution is 2.26. The first-order valence-electron chi connectivity index (χ1n) is 7.86. The summed E-state index contributed by atoms with van der Waals surface area (Å²) in [4.78, 5) is 23.0. The van der Waals surface area contributed by atoms with Gasteiger partial charge >= 0.3 is 0 Å². The number of Topliss-reactive ketones (excluding diaryl/α,β-unsaturated/α-hetero) is 1. The number of rotatable bonds is 9. The molecule has 0 heterocycles. The first-order chi connectivity index (χ1) is 10.8. The minimum absolute atomic E-state index is 0.0141. The van der Waals surface area contributed by atoms with Crippen LogP contribution in [0.5, 0.6) is 11.5 Å². The van der Waals surface area contributed by atoms with Gasteiger partial charge in [-0.05, 0) is 50.3 Å². The molecule has 0 fully saturated rings. The van der Waals surface area contributed by atoms with Crippen LogP contribution >= 0.6 is 0 Å². The van der Waals surface area contributed by atoms with E-state index in [9.17, 15) is 19.8 Å². The van der Waals surface area contributed by atoms with Crippen LogP contribution in [0.3, 0.4) is 0 Å². The lowest BCUT2D eigenvalue weighted by atomic mass is 10.00. The normalized spacial score (nSPS) is 13.3. The Morgan fingerprint density at radius 3 is 2.52 bits per heavy atom. The largest absolute Gasteiger partial charge is 0.504 e. The lowest BCUT2D eigenvalue weighted by molar-refractivity contribution is -0.124. The number of aromatic hydroxyl groups is 2. The van der Waals surface area contributed by atoms with Gasteiger partial charge in [0, 0.05) is 12.5 Å². The molecule has 0 unspecified atom stereocenters. The third kappa shape index (κ3) is 6.69. The molecule has 6 heteroatoms. The van der Waals surface area contributed by atoms with E-state index < -0.39 is 6.04 Å². The van der Waals surface area contributed by atoms with E-state index in [1.807, 2.05) is 6.92 Å². The number of hydrogen-bond donors (Lipinski definition) is 4. The molecule has 1 amide bonds. The highest BCUT2D eigenvalue weighted by atomic mass is 16.3. The molecule has 1 aromatic rings. The van der Waals surface area contributed by atoms with Gasteiger partial charge < -0.3 is 21.3 Å². The van der Waals surface area contributed by atoms with Crippen molar-refractivity contribution >= 4 is 11.7 Å². The SMILES string of the molecule is CC(=O)[C@@H](N)CCCCNC(=O)[C@@H](C)Cc1ccc(O)c(O)c1. The van der Waals surface area contributed by atoms with Gasteiger partial charge in [0.05, 0.1) is 6.04 Å². The summed E-state index contributed by atoms with van der Waals surface area (Å²) in [5.41, 5.74) is 6.43.